The lowest BCUT2D eigenvalue weighted by molar-refractivity contribution is -0.0114. The van der Waals surface area contributed by atoms with Crippen molar-refractivity contribution < 1.29 is 26.4 Å². The molecule has 0 aromatic carbocycles. The predicted octanol–water partition coefficient (Wildman–Crippen LogP) is 3.35. The molecule has 0 aliphatic heterocycles. The van der Waals surface area contributed by atoms with Crippen LogP contribution in [0.1, 0.15) is 40.0 Å². The Labute approximate surface area is 108 Å². The smallest absolute Gasteiger partial charge is 0.372 e. The highest BCUT2D eigenvalue weighted by atomic mass is 28.4. The molecule has 0 radical (unpaired) electrons. The second-order valence-electron chi connectivity index (χ2n) is 3.89. The van der Waals surface area contributed by atoms with Gasteiger partial charge in [0, 0.05) is 19.8 Å². The summed E-state index contributed by atoms with van der Waals surface area (Å²) in [6.07, 6.45) is -1.37. The predicted molar refractivity (Wildman–Crippen MR) is 65.4 cm³/mol. The van der Waals surface area contributed by atoms with Crippen molar-refractivity contribution in [1.82, 2.24) is 0 Å². The molecule has 18 heavy (non-hydrogen) atoms. The summed E-state index contributed by atoms with van der Waals surface area (Å²) < 4.78 is 54.7. The highest BCUT2D eigenvalue weighted by molar-refractivity contribution is 6.62. The van der Waals surface area contributed by atoms with E-state index in [1.54, 1.807) is 0 Å². The van der Waals surface area contributed by atoms with Crippen LogP contribution in [-0.2, 0) is 13.3 Å². The summed E-state index contributed by atoms with van der Waals surface area (Å²) in [5.74, 6) is -2.48. The van der Waals surface area contributed by atoms with Gasteiger partial charge in [-0.05, 0) is 19.3 Å². The molecule has 0 heterocycles. The molecule has 3 nitrogen and oxygen atoms in total. The van der Waals surface area contributed by atoms with Crippen LogP contribution in [0.25, 0.3) is 0 Å². The van der Waals surface area contributed by atoms with Crippen LogP contribution in [0.5, 0.6) is 0 Å². The SMILES string of the molecule is CCCO[Si](OCCC)(OCCC)C(F)C(F)F. The lowest BCUT2D eigenvalue weighted by atomic mass is 10.5. The first-order valence-electron chi connectivity index (χ1n) is 6.38. The number of rotatable bonds is 11. The van der Waals surface area contributed by atoms with E-state index in [4.69, 9.17) is 13.3 Å². The van der Waals surface area contributed by atoms with Crippen molar-refractivity contribution in [3.05, 3.63) is 0 Å². The molecule has 0 aromatic heterocycles. The first-order valence-corrected chi connectivity index (χ1v) is 8.18. The van der Waals surface area contributed by atoms with E-state index in [0.29, 0.717) is 19.3 Å². The van der Waals surface area contributed by atoms with Gasteiger partial charge in [-0.15, -0.1) is 0 Å². The maximum Gasteiger partial charge on any atom is 0.543 e. The zero-order valence-electron chi connectivity index (χ0n) is 11.3. The third-order valence-electron chi connectivity index (χ3n) is 2.08. The van der Waals surface area contributed by atoms with E-state index in [1.165, 1.54) is 0 Å². The van der Waals surface area contributed by atoms with E-state index < -0.39 is 21.0 Å². The lowest BCUT2D eigenvalue weighted by Crippen LogP contribution is -2.57. The van der Waals surface area contributed by atoms with Crippen molar-refractivity contribution in [2.24, 2.45) is 0 Å². The molecule has 1 unspecified atom stereocenters. The molecule has 0 bridgehead atoms. The lowest BCUT2D eigenvalue weighted by Gasteiger charge is -2.31. The van der Waals surface area contributed by atoms with Crippen molar-refractivity contribution >= 4 is 8.80 Å². The van der Waals surface area contributed by atoms with Gasteiger partial charge in [0.15, 0.2) is 0 Å². The molecule has 0 amide bonds. The summed E-state index contributed by atoms with van der Waals surface area (Å²) in [5, 5.41) is 0. The Morgan fingerprint density at radius 1 is 0.778 bits per heavy atom. The maximum absolute atomic E-state index is 13.8. The molecule has 0 spiro atoms. The first kappa shape index (κ1) is 17.9. The van der Waals surface area contributed by atoms with Crippen molar-refractivity contribution in [3.63, 3.8) is 0 Å². The van der Waals surface area contributed by atoms with Gasteiger partial charge in [0.2, 0.25) is 5.79 Å². The van der Waals surface area contributed by atoms with Gasteiger partial charge in [-0.3, -0.25) is 0 Å². The summed E-state index contributed by atoms with van der Waals surface area (Å²) in [6.45, 7) is 5.92. The van der Waals surface area contributed by atoms with E-state index in [9.17, 15) is 13.2 Å². The van der Waals surface area contributed by atoms with Gasteiger partial charge in [0.25, 0.3) is 6.43 Å². The zero-order valence-corrected chi connectivity index (χ0v) is 12.3. The van der Waals surface area contributed by atoms with Gasteiger partial charge >= 0.3 is 8.80 Å². The molecule has 0 aromatic rings. The molecular formula is C11H23F3O3Si. The summed E-state index contributed by atoms with van der Waals surface area (Å²) >= 11 is 0. The van der Waals surface area contributed by atoms with Gasteiger partial charge in [0.05, 0.1) is 0 Å². The average Bonchev–Trinajstić information content (AvgIpc) is 2.37. The van der Waals surface area contributed by atoms with Crippen LogP contribution in [-0.4, -0.2) is 40.8 Å². The van der Waals surface area contributed by atoms with Crippen molar-refractivity contribution in [3.8, 4) is 0 Å². The molecule has 0 fully saturated rings. The summed E-state index contributed by atoms with van der Waals surface area (Å²) in [4.78, 5) is 0. The fourth-order valence-corrected chi connectivity index (χ4v) is 3.75. The van der Waals surface area contributed by atoms with Crippen LogP contribution in [0, 0.1) is 0 Å². The second-order valence-corrected chi connectivity index (χ2v) is 6.51. The highest BCUT2D eigenvalue weighted by Gasteiger charge is 2.55. The van der Waals surface area contributed by atoms with E-state index in [2.05, 4.69) is 0 Å². The van der Waals surface area contributed by atoms with E-state index in [1.807, 2.05) is 20.8 Å². The summed E-state index contributed by atoms with van der Waals surface area (Å²) in [7, 11) is -3.94. The van der Waals surface area contributed by atoms with Crippen LogP contribution in [0.2, 0.25) is 0 Å². The van der Waals surface area contributed by atoms with Gasteiger partial charge in [0.1, 0.15) is 0 Å². The van der Waals surface area contributed by atoms with Crippen molar-refractivity contribution in [2.75, 3.05) is 19.8 Å². The van der Waals surface area contributed by atoms with Crippen LogP contribution < -0.4 is 0 Å². The maximum atomic E-state index is 13.8. The quantitative estimate of drug-likeness (QED) is 0.546. The molecule has 0 aliphatic rings. The molecule has 0 aliphatic carbocycles. The number of alkyl halides is 3. The minimum atomic E-state index is -3.94. The first-order chi connectivity index (χ1) is 8.54. The minimum absolute atomic E-state index is 0.160. The minimum Gasteiger partial charge on any atom is -0.372 e. The van der Waals surface area contributed by atoms with Crippen LogP contribution in [0.4, 0.5) is 13.2 Å². The van der Waals surface area contributed by atoms with Crippen molar-refractivity contribution in [1.29, 1.82) is 0 Å². The Bertz CT molecular complexity index is 186. The average molecular weight is 288 g/mol. The van der Waals surface area contributed by atoms with Crippen LogP contribution in [0.3, 0.4) is 0 Å². The van der Waals surface area contributed by atoms with Gasteiger partial charge < -0.3 is 13.3 Å². The third kappa shape index (κ3) is 5.68. The summed E-state index contributed by atoms with van der Waals surface area (Å²) in [5.41, 5.74) is 0. The third-order valence-corrected chi connectivity index (χ3v) is 4.83. The second kappa shape index (κ2) is 9.77. The number of hydrogen-bond donors (Lipinski definition) is 0. The Kier molecular flexibility index (Phi) is 9.71. The molecule has 7 heteroatoms. The zero-order chi connectivity index (χ0) is 14.0. The van der Waals surface area contributed by atoms with E-state index in [-0.39, 0.29) is 19.8 Å². The molecule has 0 saturated heterocycles. The Hall–Kier alpha value is -0.113. The fourth-order valence-electron chi connectivity index (χ4n) is 1.25. The molecule has 1 atom stereocenters. The Balaban J connectivity index is 4.84. The standard InChI is InChI=1S/C11H23F3O3Si/c1-4-7-15-18(16-8-5-2,17-9-6-3)11(14)10(12)13/h10-11H,4-9H2,1-3H3. The molecule has 0 saturated carbocycles. The molecule has 110 valence electrons. The monoisotopic (exact) mass is 288 g/mol. The number of halogens is 3. The Morgan fingerprint density at radius 3 is 1.33 bits per heavy atom. The van der Waals surface area contributed by atoms with Gasteiger partial charge in [-0.2, -0.15) is 0 Å². The molecular weight excluding hydrogens is 265 g/mol. The highest BCUT2D eigenvalue weighted by Crippen LogP contribution is 2.24. The van der Waals surface area contributed by atoms with Gasteiger partial charge in [-0.25, -0.2) is 13.2 Å². The molecule has 0 rings (SSSR count). The number of hydrogen-bond acceptors (Lipinski definition) is 3. The van der Waals surface area contributed by atoms with Gasteiger partial charge in [-0.1, -0.05) is 20.8 Å². The largest absolute Gasteiger partial charge is 0.543 e. The Morgan fingerprint density at radius 2 is 1.11 bits per heavy atom. The van der Waals surface area contributed by atoms with Crippen molar-refractivity contribution in [2.45, 2.75) is 52.3 Å². The fraction of sp³-hybridized carbons (Fsp3) is 1.00. The van der Waals surface area contributed by atoms with Crippen LogP contribution in [0.15, 0.2) is 0 Å². The van der Waals surface area contributed by atoms with Crippen LogP contribution >= 0.6 is 0 Å². The normalized spacial score (nSPS) is 14.2. The van der Waals surface area contributed by atoms with E-state index >= 15 is 0 Å². The topological polar surface area (TPSA) is 27.7 Å². The molecule has 0 N–H and O–H groups in total. The van der Waals surface area contributed by atoms with E-state index in [0.717, 1.165) is 0 Å². The summed E-state index contributed by atoms with van der Waals surface area (Å²) in [6, 6.07) is 0.